The van der Waals surface area contributed by atoms with Crippen LogP contribution >= 0.6 is 24.4 Å². The van der Waals surface area contributed by atoms with Crippen molar-refractivity contribution in [2.75, 3.05) is 50.1 Å². The molecule has 1 saturated heterocycles. The summed E-state index contributed by atoms with van der Waals surface area (Å²) in [5.41, 5.74) is 16.5. The van der Waals surface area contributed by atoms with Crippen LogP contribution in [0.4, 0.5) is 0 Å². The molecular formula is C70H114N16O23S2. The number of aliphatic hydroxyl groups excluding tert-OH is 3. The predicted octanol–water partition coefficient (Wildman–Crippen LogP) is -4.74. The molecule has 1 aromatic rings. The van der Waals surface area contributed by atoms with Gasteiger partial charge in [-0.2, -0.15) is 24.4 Å². The van der Waals surface area contributed by atoms with Gasteiger partial charge in [-0.3, -0.25) is 76.9 Å². The zero-order chi connectivity index (χ0) is 84.0. The van der Waals surface area contributed by atoms with Gasteiger partial charge in [-0.25, -0.2) is 4.79 Å². The van der Waals surface area contributed by atoms with Crippen molar-refractivity contribution in [1.29, 1.82) is 0 Å². The number of rotatable bonds is 51. The van der Waals surface area contributed by atoms with Crippen molar-refractivity contribution >= 4 is 125 Å². The summed E-state index contributed by atoms with van der Waals surface area (Å²) in [7, 11) is 0. The molecule has 0 unspecified atom stereocenters. The average molecular weight is 1610 g/mol. The maximum atomic E-state index is 14.7. The van der Waals surface area contributed by atoms with Crippen LogP contribution in [-0.2, 0) is 87.9 Å². The van der Waals surface area contributed by atoms with Gasteiger partial charge in [-0.1, -0.05) is 58.0 Å². The molecule has 23 N–H and O–H groups in total. The normalized spacial score (nSPS) is 16.2. The third-order valence-corrected chi connectivity index (χ3v) is 18.4. The first kappa shape index (κ1) is 97.6. The van der Waals surface area contributed by atoms with Gasteiger partial charge in [0.05, 0.1) is 30.7 Å². The van der Waals surface area contributed by atoms with Crippen LogP contribution in [0, 0.1) is 17.3 Å². The van der Waals surface area contributed by atoms with Crippen molar-refractivity contribution in [1.82, 2.24) is 63.4 Å². The van der Waals surface area contributed by atoms with Crippen LogP contribution in [-0.4, -0.2) is 271 Å². The first-order valence-corrected chi connectivity index (χ1v) is 38.3. The van der Waals surface area contributed by atoms with Crippen molar-refractivity contribution in [2.24, 2.45) is 39.4 Å². The van der Waals surface area contributed by atoms with E-state index in [0.29, 0.717) is 17.7 Å². The standard InChI is InChI=1S/C70H114N16O23S2/c1-36(2)31-44(78-59(98)45(32-40-17-11-10-12-18-40)79-62(101)48(35-110)82-60(99)46(33-52(93)94)80-64(103)53(37(3)4)83-50(90)24-29-111-30-28-109-68(108)70(7,8)9)58(97)81-47(34-87)61(100)77-43(20-15-26-74-69(72)73)66(105)86-27-16-21-49(86)63(102)84-54(38(5)88)65(104)76-42(22-23-51(91)92)56(95)75-41(19-13-14-25-71)57(96)85-55(39(6)89)67(106)107/h10-12,17-18,36-39,41-49,53-55,87-89,110H,13-16,19-35,71H2,1-9H3,(H,75,95)(H,76,104)(H,77,100)(H,78,98)(H,79,101)(H,80,103)(H,81,97)(H,82,99)(H,83,90)(H,84,102)(H,85,96)(H,91,92)(H,93,94)(H,106,107)(H4,72,73,74)/t38-,39-,41+,42+,43+,44+,45+,46+,47+,48+,49+,53+,54+,55+/m1/s1. The number of nitrogens with one attached hydrogen (secondary N) is 11. The zero-order valence-corrected chi connectivity index (χ0v) is 65.8. The van der Waals surface area contributed by atoms with E-state index in [-0.39, 0.29) is 108 Å². The molecule has 1 aliphatic heterocycles. The number of nitrogens with two attached hydrogens (primary N) is 3. The third-order valence-electron chi connectivity index (χ3n) is 17.1. The fourth-order valence-corrected chi connectivity index (χ4v) is 12.0. The molecule has 14 atom stereocenters. The van der Waals surface area contributed by atoms with E-state index in [4.69, 9.17) is 21.9 Å². The summed E-state index contributed by atoms with van der Waals surface area (Å²) in [6, 6.07) is -11.4. The third kappa shape index (κ3) is 36.1. The lowest BCUT2D eigenvalue weighted by Crippen LogP contribution is -2.62. The van der Waals surface area contributed by atoms with Gasteiger partial charge in [0.2, 0.25) is 70.9 Å². The van der Waals surface area contributed by atoms with Crippen molar-refractivity contribution in [3.8, 4) is 0 Å². The molecule has 0 bridgehead atoms. The van der Waals surface area contributed by atoms with Gasteiger partial charge in [-0.15, -0.1) is 0 Å². The number of ether oxygens (including phenoxy) is 1. The summed E-state index contributed by atoms with van der Waals surface area (Å²) in [5.74, 6) is -18.2. The van der Waals surface area contributed by atoms with E-state index in [9.17, 15) is 107 Å². The minimum atomic E-state index is -1.91. The lowest BCUT2D eigenvalue weighted by atomic mass is 9.97. The van der Waals surface area contributed by atoms with Gasteiger partial charge < -0.3 is 116 Å². The number of aliphatic imine (C=N–C) groups is 1. The number of likely N-dealkylation sites (tertiary alicyclic amines) is 1. The Hall–Kier alpha value is -9.45. The number of thioether (sulfide) groups is 1. The lowest BCUT2D eigenvalue weighted by Gasteiger charge is -2.31. The van der Waals surface area contributed by atoms with Gasteiger partial charge in [0.15, 0.2) is 12.0 Å². The van der Waals surface area contributed by atoms with Gasteiger partial charge in [0.1, 0.15) is 73.1 Å². The summed E-state index contributed by atoms with van der Waals surface area (Å²) in [5, 5.41) is 87.2. The van der Waals surface area contributed by atoms with Crippen LogP contribution in [0.25, 0.3) is 0 Å². The highest BCUT2D eigenvalue weighted by molar-refractivity contribution is 7.99. The minimum Gasteiger partial charge on any atom is -0.481 e. The van der Waals surface area contributed by atoms with Crippen LogP contribution in [0.5, 0.6) is 0 Å². The van der Waals surface area contributed by atoms with Crippen LogP contribution in [0.15, 0.2) is 35.3 Å². The molecule has 0 aliphatic carbocycles. The van der Waals surface area contributed by atoms with Crippen molar-refractivity contribution in [3.63, 3.8) is 0 Å². The van der Waals surface area contributed by atoms with Gasteiger partial charge in [0, 0.05) is 49.6 Å². The average Bonchev–Trinajstić information content (AvgIpc) is 1.73. The molecule has 12 amide bonds. The van der Waals surface area contributed by atoms with E-state index >= 15 is 0 Å². The molecule has 1 heterocycles. The number of hydrogen-bond donors (Lipinski definition) is 21. The molecule has 0 saturated carbocycles. The molecule has 0 spiro atoms. The van der Waals surface area contributed by atoms with Crippen molar-refractivity contribution < 1.29 is 112 Å². The Balaban J connectivity index is 2.43. The second kappa shape index (κ2) is 49.7. The fraction of sp³-hybridized carbons (Fsp3) is 0.671. The molecule has 111 heavy (non-hydrogen) atoms. The summed E-state index contributed by atoms with van der Waals surface area (Å²) < 4.78 is 5.24. The van der Waals surface area contributed by atoms with Crippen molar-refractivity contribution in [3.05, 3.63) is 35.9 Å². The molecule has 0 aromatic heterocycles. The molecule has 1 aliphatic rings. The molecule has 1 fully saturated rings. The van der Waals surface area contributed by atoms with E-state index in [2.05, 4.69) is 76.1 Å². The molecule has 39 nitrogen and oxygen atoms in total. The number of aliphatic hydroxyl groups is 3. The van der Waals surface area contributed by atoms with E-state index < -0.39 is 216 Å². The SMILES string of the molecule is CC(C)C[C@H](NC(=O)[C@H](Cc1ccccc1)NC(=O)[C@H](CS)NC(=O)[C@H](CC(=O)O)NC(=O)[C@@H](NC(=O)CCSCCOC(=O)C(C)(C)C)C(C)C)C(=O)N[C@@H](CO)C(=O)N[C@@H](CCCN=C(N)N)C(=O)N1CCC[C@H]1C(=O)N[C@H](C(=O)N[C@@H](CCC(=O)O)C(=O)N[C@@H](CCCCN)C(=O)N[C@H](C(=O)O)[C@@H](C)O)[C@@H](C)O. The second-order valence-electron chi connectivity index (χ2n) is 28.5. The lowest BCUT2D eigenvalue weighted by molar-refractivity contribution is -0.152. The predicted molar refractivity (Wildman–Crippen MR) is 407 cm³/mol. The maximum absolute atomic E-state index is 14.7. The largest absolute Gasteiger partial charge is 0.481 e. The molecule has 2 rings (SSSR count). The molecule has 0 radical (unpaired) electrons. The number of thiol groups is 1. The Morgan fingerprint density at radius 1 is 0.586 bits per heavy atom. The van der Waals surface area contributed by atoms with Gasteiger partial charge in [0.25, 0.3) is 0 Å². The number of amides is 12. The fourth-order valence-electron chi connectivity index (χ4n) is 11.0. The van der Waals surface area contributed by atoms with Crippen molar-refractivity contribution in [2.45, 2.75) is 230 Å². The first-order valence-electron chi connectivity index (χ1n) is 36.5. The second-order valence-corrected chi connectivity index (χ2v) is 30.0. The Morgan fingerprint density at radius 3 is 1.66 bits per heavy atom. The number of carbonyl (C=O) groups excluding carboxylic acids is 13. The number of hydrogen-bond acceptors (Lipinski definition) is 24. The van der Waals surface area contributed by atoms with E-state index in [0.717, 1.165) is 18.7 Å². The van der Waals surface area contributed by atoms with Crippen LogP contribution < -0.4 is 75.7 Å². The zero-order valence-electron chi connectivity index (χ0n) is 64.1. The van der Waals surface area contributed by atoms with Gasteiger partial charge >= 0.3 is 23.9 Å². The van der Waals surface area contributed by atoms with Crippen LogP contribution in [0.2, 0.25) is 0 Å². The minimum absolute atomic E-state index is 0.00134. The maximum Gasteiger partial charge on any atom is 0.328 e. The number of aliphatic carboxylic acids is 3. The van der Waals surface area contributed by atoms with Gasteiger partial charge in [-0.05, 0) is 116 Å². The smallest absolute Gasteiger partial charge is 0.328 e. The summed E-state index contributed by atoms with van der Waals surface area (Å²) in [4.78, 5) is 221. The highest BCUT2D eigenvalue weighted by Gasteiger charge is 2.42. The number of unbranched alkanes of at least 4 members (excludes halogenated alkanes) is 1. The Kier molecular flexibility index (Phi) is 43.7. The monoisotopic (exact) mass is 1610 g/mol. The van der Waals surface area contributed by atoms with Crippen LogP contribution in [0.3, 0.4) is 0 Å². The van der Waals surface area contributed by atoms with E-state index in [1.165, 1.54) is 11.8 Å². The Labute approximate surface area is 653 Å². The topological polar surface area (TPSA) is 630 Å². The molecule has 624 valence electrons. The number of benzene rings is 1. The number of carboxylic acid groups (broad SMARTS) is 3. The summed E-state index contributed by atoms with van der Waals surface area (Å²) >= 11 is 5.57. The quantitative estimate of drug-likeness (QED) is 0.00958. The van der Waals surface area contributed by atoms with E-state index in [1.807, 2.05) is 0 Å². The van der Waals surface area contributed by atoms with Crippen LogP contribution in [0.1, 0.15) is 145 Å². The highest BCUT2D eigenvalue weighted by Crippen LogP contribution is 2.22. The Bertz CT molecular complexity index is 3340. The molecule has 41 heteroatoms. The summed E-state index contributed by atoms with van der Waals surface area (Å²) in [6.07, 6.45) is -5.81. The number of carbonyl (C=O) groups is 16. The highest BCUT2D eigenvalue weighted by atomic mass is 32.2. The number of carboxylic acids is 3. The number of guanidine groups is 1. The number of esters is 1. The Morgan fingerprint density at radius 2 is 1.10 bits per heavy atom. The first-order chi connectivity index (χ1) is 52.1. The van der Waals surface area contributed by atoms with E-state index in [1.54, 1.807) is 78.8 Å². The summed E-state index contributed by atoms with van der Waals surface area (Å²) in [6.45, 7) is 12.8. The number of nitrogens with zero attached hydrogens (tertiary/aromatic N) is 2. The molecular weight excluding hydrogens is 1500 g/mol. The molecule has 1 aromatic carbocycles.